The van der Waals surface area contributed by atoms with E-state index in [-0.39, 0.29) is 23.8 Å². The van der Waals surface area contributed by atoms with E-state index in [1.54, 1.807) is 22.3 Å². The molecule has 0 aliphatic carbocycles. The molecular formula is C21H29N3O3S. The van der Waals surface area contributed by atoms with Gasteiger partial charge in [0.1, 0.15) is 6.26 Å². The lowest BCUT2D eigenvalue weighted by Gasteiger charge is -2.33. The van der Waals surface area contributed by atoms with Crippen LogP contribution in [0.15, 0.2) is 39.8 Å². The van der Waals surface area contributed by atoms with E-state index in [0.717, 1.165) is 13.1 Å². The summed E-state index contributed by atoms with van der Waals surface area (Å²) in [6.07, 6.45) is 4.37. The standard InChI is InChI=1S/C21H29N3O3S/c1-3-23(4-2)19(18-8-12-28-15-18)13-22-20(25)16-5-9-24(10-6-16)21(26)17-7-11-27-14-17/h7-8,11-12,14-16,19H,3-6,9-10,13H2,1-2H3,(H,22,25)/t19-/m0/s1. The number of likely N-dealkylation sites (N-methyl/N-ethyl adjacent to an activating group) is 1. The summed E-state index contributed by atoms with van der Waals surface area (Å²) in [5.41, 5.74) is 1.83. The number of nitrogens with zero attached hydrogens (tertiary/aromatic N) is 2. The summed E-state index contributed by atoms with van der Waals surface area (Å²) in [4.78, 5) is 29.3. The van der Waals surface area contributed by atoms with Gasteiger partial charge in [0.15, 0.2) is 0 Å². The number of carbonyl (C=O) groups excluding carboxylic acids is 2. The second-order valence-corrected chi connectivity index (χ2v) is 7.90. The molecule has 28 heavy (non-hydrogen) atoms. The molecule has 3 heterocycles. The van der Waals surface area contributed by atoms with Crippen LogP contribution in [0.25, 0.3) is 0 Å². The van der Waals surface area contributed by atoms with Gasteiger partial charge in [-0.25, -0.2) is 0 Å². The molecule has 152 valence electrons. The normalized spacial score (nSPS) is 16.3. The van der Waals surface area contributed by atoms with Gasteiger partial charge in [-0.1, -0.05) is 13.8 Å². The molecule has 0 bridgehead atoms. The minimum Gasteiger partial charge on any atom is -0.472 e. The molecule has 7 heteroatoms. The monoisotopic (exact) mass is 403 g/mol. The van der Waals surface area contributed by atoms with Gasteiger partial charge in [0.05, 0.1) is 17.9 Å². The Kier molecular flexibility index (Phi) is 7.28. The minimum atomic E-state index is -0.0340. The summed E-state index contributed by atoms with van der Waals surface area (Å²) >= 11 is 1.69. The van der Waals surface area contributed by atoms with Gasteiger partial charge < -0.3 is 14.6 Å². The fourth-order valence-corrected chi connectivity index (χ4v) is 4.55. The van der Waals surface area contributed by atoms with Crippen LogP contribution in [0, 0.1) is 5.92 Å². The Morgan fingerprint density at radius 3 is 2.61 bits per heavy atom. The highest BCUT2D eigenvalue weighted by molar-refractivity contribution is 7.07. The number of rotatable bonds is 8. The first kappa shape index (κ1) is 20.6. The van der Waals surface area contributed by atoms with Gasteiger partial charge in [-0.3, -0.25) is 14.5 Å². The number of carbonyl (C=O) groups is 2. The quantitative estimate of drug-likeness (QED) is 0.734. The van der Waals surface area contributed by atoms with Crippen LogP contribution in [-0.4, -0.2) is 54.3 Å². The first-order valence-electron chi connectivity index (χ1n) is 9.99. The topological polar surface area (TPSA) is 65.8 Å². The number of hydrogen-bond donors (Lipinski definition) is 1. The molecule has 1 aliphatic rings. The summed E-state index contributed by atoms with van der Waals surface area (Å²) in [6, 6.07) is 4.02. The highest BCUT2D eigenvalue weighted by Crippen LogP contribution is 2.23. The molecule has 0 unspecified atom stereocenters. The van der Waals surface area contributed by atoms with Gasteiger partial charge in [-0.2, -0.15) is 11.3 Å². The predicted molar refractivity (Wildman–Crippen MR) is 110 cm³/mol. The van der Waals surface area contributed by atoms with Gasteiger partial charge >= 0.3 is 0 Å². The Labute approximate surface area is 170 Å². The smallest absolute Gasteiger partial charge is 0.257 e. The molecule has 1 aliphatic heterocycles. The molecule has 1 N–H and O–H groups in total. The van der Waals surface area contributed by atoms with Crippen LogP contribution in [0.4, 0.5) is 0 Å². The molecule has 2 aromatic rings. The molecule has 0 saturated carbocycles. The zero-order valence-electron chi connectivity index (χ0n) is 16.6. The van der Waals surface area contributed by atoms with E-state index in [4.69, 9.17) is 4.42 Å². The molecule has 1 fully saturated rings. The zero-order valence-corrected chi connectivity index (χ0v) is 17.4. The van der Waals surface area contributed by atoms with Crippen LogP contribution >= 0.6 is 11.3 Å². The number of likely N-dealkylation sites (tertiary alicyclic amines) is 1. The maximum absolute atomic E-state index is 12.7. The first-order chi connectivity index (χ1) is 13.6. The van der Waals surface area contributed by atoms with Gasteiger partial charge in [-0.05, 0) is 54.4 Å². The Bertz CT molecular complexity index is 733. The average molecular weight is 404 g/mol. The highest BCUT2D eigenvalue weighted by atomic mass is 32.1. The van der Waals surface area contributed by atoms with Crippen molar-refractivity contribution in [2.75, 3.05) is 32.7 Å². The van der Waals surface area contributed by atoms with Crippen molar-refractivity contribution in [1.82, 2.24) is 15.1 Å². The van der Waals surface area contributed by atoms with Gasteiger partial charge in [0.25, 0.3) is 5.91 Å². The van der Waals surface area contributed by atoms with Crippen molar-refractivity contribution in [3.05, 3.63) is 46.5 Å². The van der Waals surface area contributed by atoms with E-state index < -0.39 is 0 Å². The Morgan fingerprint density at radius 1 is 1.29 bits per heavy atom. The van der Waals surface area contributed by atoms with Crippen molar-refractivity contribution in [1.29, 1.82) is 0 Å². The molecule has 2 amide bonds. The maximum atomic E-state index is 12.7. The van der Waals surface area contributed by atoms with E-state index in [1.165, 1.54) is 18.1 Å². The predicted octanol–water partition coefficient (Wildman–Crippen LogP) is 3.39. The van der Waals surface area contributed by atoms with Crippen molar-refractivity contribution >= 4 is 23.2 Å². The lowest BCUT2D eigenvalue weighted by Crippen LogP contribution is -2.45. The molecule has 0 aromatic carbocycles. The third-order valence-electron chi connectivity index (χ3n) is 5.57. The van der Waals surface area contributed by atoms with Crippen molar-refractivity contribution in [2.24, 2.45) is 5.92 Å². The molecule has 3 rings (SSSR count). The molecule has 1 atom stereocenters. The van der Waals surface area contributed by atoms with Crippen LogP contribution in [-0.2, 0) is 4.79 Å². The van der Waals surface area contributed by atoms with Crippen molar-refractivity contribution in [3.63, 3.8) is 0 Å². The van der Waals surface area contributed by atoms with E-state index >= 15 is 0 Å². The third-order valence-corrected chi connectivity index (χ3v) is 6.27. The van der Waals surface area contributed by atoms with Crippen LogP contribution < -0.4 is 5.32 Å². The SMILES string of the molecule is CCN(CC)[C@@H](CNC(=O)C1CCN(C(=O)c2ccoc2)CC1)c1ccsc1. The second kappa shape index (κ2) is 9.89. The maximum Gasteiger partial charge on any atom is 0.257 e. The Morgan fingerprint density at radius 2 is 2.04 bits per heavy atom. The Balaban J connectivity index is 1.51. The van der Waals surface area contributed by atoms with E-state index in [9.17, 15) is 9.59 Å². The second-order valence-electron chi connectivity index (χ2n) is 7.12. The van der Waals surface area contributed by atoms with Crippen molar-refractivity contribution in [2.45, 2.75) is 32.7 Å². The zero-order chi connectivity index (χ0) is 19.9. The molecule has 2 aromatic heterocycles. The summed E-state index contributed by atoms with van der Waals surface area (Å²) in [7, 11) is 0. The van der Waals surface area contributed by atoms with Gasteiger partial charge in [-0.15, -0.1) is 0 Å². The lowest BCUT2D eigenvalue weighted by molar-refractivity contribution is -0.126. The Hall–Kier alpha value is -2.12. The summed E-state index contributed by atoms with van der Waals surface area (Å²) in [5.74, 6) is 0.0442. The number of hydrogen-bond acceptors (Lipinski definition) is 5. The van der Waals surface area contributed by atoms with E-state index in [1.807, 2.05) is 0 Å². The van der Waals surface area contributed by atoms with Crippen LogP contribution in [0.2, 0.25) is 0 Å². The van der Waals surface area contributed by atoms with Gasteiger partial charge in [0, 0.05) is 25.6 Å². The lowest BCUT2D eigenvalue weighted by atomic mass is 9.95. The fourth-order valence-electron chi connectivity index (χ4n) is 3.84. The van der Waals surface area contributed by atoms with Crippen LogP contribution in [0.3, 0.4) is 0 Å². The first-order valence-corrected chi connectivity index (χ1v) is 10.9. The largest absolute Gasteiger partial charge is 0.472 e. The number of furan rings is 1. The molecular weight excluding hydrogens is 374 g/mol. The number of piperidine rings is 1. The summed E-state index contributed by atoms with van der Waals surface area (Å²) in [5, 5.41) is 7.41. The number of amides is 2. The molecule has 6 nitrogen and oxygen atoms in total. The fraction of sp³-hybridized carbons (Fsp3) is 0.524. The number of thiophene rings is 1. The molecule has 1 saturated heterocycles. The van der Waals surface area contributed by atoms with E-state index in [0.29, 0.717) is 38.0 Å². The minimum absolute atomic E-state index is 0.0216. The molecule has 0 spiro atoms. The average Bonchev–Trinajstić information content (AvgIpc) is 3.44. The molecule has 0 radical (unpaired) electrons. The van der Waals surface area contributed by atoms with Crippen molar-refractivity contribution in [3.8, 4) is 0 Å². The summed E-state index contributed by atoms with van der Waals surface area (Å²) < 4.78 is 4.99. The number of nitrogens with one attached hydrogen (secondary N) is 1. The summed E-state index contributed by atoms with van der Waals surface area (Å²) in [6.45, 7) is 8.02. The van der Waals surface area contributed by atoms with Crippen LogP contribution in [0.1, 0.15) is 48.7 Å². The van der Waals surface area contributed by atoms with Gasteiger partial charge in [0.2, 0.25) is 5.91 Å². The van der Waals surface area contributed by atoms with Crippen LogP contribution in [0.5, 0.6) is 0 Å². The van der Waals surface area contributed by atoms with Crippen molar-refractivity contribution < 1.29 is 14.0 Å². The van der Waals surface area contributed by atoms with E-state index in [2.05, 4.69) is 40.9 Å². The highest BCUT2D eigenvalue weighted by Gasteiger charge is 2.29. The third kappa shape index (κ3) is 4.83.